The highest BCUT2D eigenvalue weighted by Crippen LogP contribution is 2.37. The molecule has 0 aliphatic carbocycles. The standard InChI is InChI=1S/C27H27N3O2S/c31-23-15-14-22-24(25(32)20-10-4-1-5-11-20)26(28-16-19-29-17-8-3-9-18-29)33-27(22)30(23)21-12-6-2-7-13-21/h1-2,4-7,10-15,28H,3,8-9,16-19H2. The summed E-state index contributed by atoms with van der Waals surface area (Å²) in [5.41, 5.74) is 1.99. The molecule has 1 fully saturated rings. The highest BCUT2D eigenvalue weighted by molar-refractivity contribution is 7.23. The maximum atomic E-state index is 13.6. The number of nitrogens with one attached hydrogen (secondary N) is 1. The first-order valence-electron chi connectivity index (χ1n) is 11.5. The largest absolute Gasteiger partial charge is 0.375 e. The van der Waals surface area contributed by atoms with Crippen molar-refractivity contribution in [3.05, 3.63) is 94.3 Å². The Bertz CT molecular complexity index is 1310. The van der Waals surface area contributed by atoms with Gasteiger partial charge in [-0.15, -0.1) is 0 Å². The molecular formula is C27H27N3O2S. The van der Waals surface area contributed by atoms with Crippen molar-refractivity contribution in [2.45, 2.75) is 19.3 Å². The van der Waals surface area contributed by atoms with Crippen LogP contribution >= 0.6 is 11.3 Å². The Morgan fingerprint density at radius 3 is 2.30 bits per heavy atom. The van der Waals surface area contributed by atoms with Crippen LogP contribution in [0.3, 0.4) is 0 Å². The third-order valence-corrected chi connectivity index (χ3v) is 7.33. The van der Waals surface area contributed by atoms with E-state index >= 15 is 0 Å². The number of thiophene rings is 1. The number of anilines is 1. The Balaban J connectivity index is 1.58. The van der Waals surface area contributed by atoms with Gasteiger partial charge < -0.3 is 10.2 Å². The molecule has 1 aliphatic heterocycles. The molecule has 168 valence electrons. The first-order chi connectivity index (χ1) is 16.2. The summed E-state index contributed by atoms with van der Waals surface area (Å²) >= 11 is 1.48. The number of aromatic nitrogens is 1. The molecule has 2 aromatic carbocycles. The van der Waals surface area contributed by atoms with Crippen LogP contribution in [0.1, 0.15) is 35.2 Å². The molecule has 0 atom stereocenters. The summed E-state index contributed by atoms with van der Waals surface area (Å²) in [5.74, 6) is -0.0272. The van der Waals surface area contributed by atoms with E-state index in [-0.39, 0.29) is 11.3 Å². The summed E-state index contributed by atoms with van der Waals surface area (Å²) < 4.78 is 1.71. The third-order valence-electron chi connectivity index (χ3n) is 6.18. The van der Waals surface area contributed by atoms with Gasteiger partial charge in [0.2, 0.25) is 0 Å². The van der Waals surface area contributed by atoms with Crippen LogP contribution in [0.4, 0.5) is 5.00 Å². The van der Waals surface area contributed by atoms with Gasteiger partial charge in [0.05, 0.1) is 11.3 Å². The van der Waals surface area contributed by atoms with Gasteiger partial charge >= 0.3 is 0 Å². The normalized spacial score (nSPS) is 14.4. The highest BCUT2D eigenvalue weighted by atomic mass is 32.1. The van der Waals surface area contributed by atoms with Gasteiger partial charge in [-0.1, -0.05) is 66.3 Å². The Morgan fingerprint density at radius 1 is 0.879 bits per heavy atom. The third kappa shape index (κ3) is 4.49. The van der Waals surface area contributed by atoms with E-state index in [4.69, 9.17) is 0 Å². The van der Waals surface area contributed by atoms with E-state index in [1.54, 1.807) is 16.7 Å². The predicted molar refractivity (Wildman–Crippen MR) is 136 cm³/mol. The number of pyridine rings is 1. The van der Waals surface area contributed by atoms with Crippen LogP contribution in [-0.4, -0.2) is 41.4 Å². The molecule has 2 aromatic heterocycles. The fourth-order valence-electron chi connectivity index (χ4n) is 4.50. The van der Waals surface area contributed by atoms with E-state index in [0.717, 1.165) is 47.1 Å². The zero-order valence-electron chi connectivity index (χ0n) is 18.5. The second-order valence-electron chi connectivity index (χ2n) is 8.39. The highest BCUT2D eigenvalue weighted by Gasteiger charge is 2.23. The van der Waals surface area contributed by atoms with Gasteiger partial charge in [-0.2, -0.15) is 0 Å². The Morgan fingerprint density at radius 2 is 1.58 bits per heavy atom. The summed E-state index contributed by atoms with van der Waals surface area (Å²) in [6.45, 7) is 3.98. The van der Waals surface area contributed by atoms with Crippen LogP contribution in [0.2, 0.25) is 0 Å². The first-order valence-corrected chi connectivity index (χ1v) is 12.3. The molecule has 0 spiro atoms. The lowest BCUT2D eigenvalue weighted by atomic mass is 10.0. The van der Waals surface area contributed by atoms with E-state index in [9.17, 15) is 9.59 Å². The van der Waals surface area contributed by atoms with E-state index in [1.807, 2.05) is 60.7 Å². The van der Waals surface area contributed by atoms with Crippen molar-refractivity contribution in [1.82, 2.24) is 9.47 Å². The summed E-state index contributed by atoms with van der Waals surface area (Å²) in [6.07, 6.45) is 3.82. The molecule has 0 amide bonds. The molecule has 5 rings (SSSR count). The Hall–Kier alpha value is -3.22. The number of carbonyl (C=O) groups excluding carboxylic acids is 1. The van der Waals surface area contributed by atoms with Crippen molar-refractivity contribution in [1.29, 1.82) is 0 Å². The molecule has 5 nitrogen and oxygen atoms in total. The van der Waals surface area contributed by atoms with Crippen molar-refractivity contribution in [2.24, 2.45) is 0 Å². The number of rotatable bonds is 7. The van der Waals surface area contributed by atoms with Crippen LogP contribution < -0.4 is 10.9 Å². The number of piperidine rings is 1. The van der Waals surface area contributed by atoms with Crippen molar-refractivity contribution < 1.29 is 4.79 Å². The number of likely N-dealkylation sites (tertiary alicyclic amines) is 1. The fourth-order valence-corrected chi connectivity index (χ4v) is 5.74. The lowest BCUT2D eigenvalue weighted by Gasteiger charge is -2.26. The smallest absolute Gasteiger partial charge is 0.256 e. The Labute approximate surface area is 197 Å². The number of nitrogens with zero attached hydrogens (tertiary/aromatic N) is 2. The van der Waals surface area contributed by atoms with E-state index < -0.39 is 0 Å². The predicted octanol–water partition coefficient (Wildman–Crippen LogP) is 5.18. The number of hydrogen-bond donors (Lipinski definition) is 1. The average molecular weight is 458 g/mol. The number of carbonyl (C=O) groups is 1. The minimum Gasteiger partial charge on any atom is -0.375 e. The summed E-state index contributed by atoms with van der Waals surface area (Å²) in [4.78, 5) is 29.7. The molecule has 0 unspecified atom stereocenters. The van der Waals surface area contributed by atoms with Crippen LogP contribution in [0.25, 0.3) is 15.9 Å². The van der Waals surface area contributed by atoms with Gasteiger partial charge in [-0.25, -0.2) is 0 Å². The Kier molecular flexibility index (Phi) is 6.37. The molecular weight excluding hydrogens is 430 g/mol. The number of ketones is 1. The van der Waals surface area contributed by atoms with Crippen molar-refractivity contribution in [3.8, 4) is 5.69 Å². The van der Waals surface area contributed by atoms with Crippen LogP contribution in [0.15, 0.2) is 77.6 Å². The SMILES string of the molecule is O=C(c1ccccc1)c1c(NCCN2CCCCC2)sc2c1ccc(=O)n2-c1ccccc1. The molecule has 1 saturated heterocycles. The summed E-state index contributed by atoms with van der Waals surface area (Å²) in [7, 11) is 0. The summed E-state index contributed by atoms with van der Waals surface area (Å²) in [5, 5.41) is 5.17. The molecule has 1 N–H and O–H groups in total. The van der Waals surface area contributed by atoms with E-state index in [0.29, 0.717) is 11.1 Å². The number of fused-ring (bicyclic) bond motifs is 1. The summed E-state index contributed by atoms with van der Waals surface area (Å²) in [6, 6.07) is 22.3. The second-order valence-corrected chi connectivity index (χ2v) is 9.39. The number of hydrogen-bond acceptors (Lipinski definition) is 5. The van der Waals surface area contributed by atoms with Gasteiger partial charge in [0, 0.05) is 30.1 Å². The maximum Gasteiger partial charge on any atom is 0.256 e. The molecule has 3 heterocycles. The van der Waals surface area contributed by atoms with Crippen molar-refractivity contribution in [2.75, 3.05) is 31.5 Å². The topological polar surface area (TPSA) is 54.3 Å². The fraction of sp³-hybridized carbons (Fsp3) is 0.259. The van der Waals surface area contributed by atoms with Crippen molar-refractivity contribution in [3.63, 3.8) is 0 Å². The lowest BCUT2D eigenvalue weighted by Crippen LogP contribution is -2.33. The molecule has 0 saturated carbocycles. The van der Waals surface area contributed by atoms with Crippen molar-refractivity contribution >= 4 is 32.3 Å². The van der Waals surface area contributed by atoms with Crippen LogP contribution in [0.5, 0.6) is 0 Å². The lowest BCUT2D eigenvalue weighted by molar-refractivity contribution is 0.104. The maximum absolute atomic E-state index is 13.6. The molecule has 0 radical (unpaired) electrons. The van der Waals surface area contributed by atoms with Crippen LogP contribution in [0, 0.1) is 0 Å². The molecule has 33 heavy (non-hydrogen) atoms. The van der Waals surface area contributed by atoms with Crippen LogP contribution in [-0.2, 0) is 0 Å². The zero-order valence-corrected chi connectivity index (χ0v) is 19.3. The minimum atomic E-state index is -0.103. The van der Waals surface area contributed by atoms with E-state index in [2.05, 4.69) is 10.2 Å². The van der Waals surface area contributed by atoms with E-state index in [1.165, 1.54) is 30.6 Å². The first kappa shape index (κ1) is 21.6. The second kappa shape index (κ2) is 9.73. The molecule has 4 aromatic rings. The van der Waals surface area contributed by atoms with Gasteiger partial charge in [0.25, 0.3) is 5.56 Å². The molecule has 1 aliphatic rings. The van der Waals surface area contributed by atoms with Gasteiger partial charge in [-0.3, -0.25) is 14.2 Å². The molecule has 6 heteroatoms. The number of benzene rings is 2. The quantitative estimate of drug-likeness (QED) is 0.389. The zero-order chi connectivity index (χ0) is 22.6. The molecule has 0 bridgehead atoms. The van der Waals surface area contributed by atoms with Gasteiger partial charge in [0.1, 0.15) is 9.83 Å². The number of para-hydroxylation sites is 1. The van der Waals surface area contributed by atoms with Gasteiger partial charge in [0.15, 0.2) is 5.78 Å². The monoisotopic (exact) mass is 457 g/mol. The van der Waals surface area contributed by atoms with Gasteiger partial charge in [-0.05, 0) is 44.1 Å². The average Bonchev–Trinajstić information content (AvgIpc) is 3.23. The minimum absolute atomic E-state index is 0.0272.